The molecular weight excluding hydrogens is 400 g/mol. The quantitative estimate of drug-likeness (QED) is 0.337. The summed E-state index contributed by atoms with van der Waals surface area (Å²) in [6, 6.07) is 8.80. The lowest BCUT2D eigenvalue weighted by Crippen LogP contribution is -2.25. The standard InChI is InChI=1S/C20H24O8S/c1-28-20-11-14(5-9-18(20)23)2-6-15(21)12-16(29(25,26)27)7-3-13-4-8-17(22)19(24)10-13/h4-5,8-11,16,22-24H,2-3,6-7,12H2,1H3,(H,25,26,27). The largest absolute Gasteiger partial charge is 0.504 e. The second kappa shape index (κ2) is 9.62. The Kier molecular flexibility index (Phi) is 7.46. The zero-order valence-electron chi connectivity index (χ0n) is 15.9. The van der Waals surface area contributed by atoms with Gasteiger partial charge in [0.1, 0.15) is 5.78 Å². The Morgan fingerprint density at radius 2 is 1.59 bits per heavy atom. The molecule has 9 heteroatoms. The van der Waals surface area contributed by atoms with Gasteiger partial charge in [0.25, 0.3) is 10.1 Å². The minimum atomic E-state index is -4.43. The van der Waals surface area contributed by atoms with Crippen LogP contribution in [0.25, 0.3) is 0 Å². The van der Waals surface area contributed by atoms with E-state index in [2.05, 4.69) is 0 Å². The number of benzene rings is 2. The molecule has 0 aliphatic rings. The predicted molar refractivity (Wildman–Crippen MR) is 106 cm³/mol. The number of carbonyl (C=O) groups is 1. The fourth-order valence-corrected chi connectivity index (χ4v) is 3.74. The summed E-state index contributed by atoms with van der Waals surface area (Å²) in [6.45, 7) is 0. The summed E-state index contributed by atoms with van der Waals surface area (Å²) >= 11 is 0. The first-order valence-electron chi connectivity index (χ1n) is 8.95. The van der Waals surface area contributed by atoms with Gasteiger partial charge in [-0.1, -0.05) is 12.1 Å². The number of carbonyl (C=O) groups excluding carboxylic acids is 1. The minimum absolute atomic E-state index is 0.0121. The van der Waals surface area contributed by atoms with Crippen LogP contribution in [0.3, 0.4) is 0 Å². The van der Waals surface area contributed by atoms with E-state index in [1.807, 2.05) is 0 Å². The molecule has 29 heavy (non-hydrogen) atoms. The molecule has 158 valence electrons. The molecule has 0 aliphatic carbocycles. The van der Waals surface area contributed by atoms with Gasteiger partial charge in [0, 0.05) is 12.8 Å². The van der Waals surface area contributed by atoms with Crippen LogP contribution >= 0.6 is 0 Å². The van der Waals surface area contributed by atoms with Crippen LogP contribution in [-0.2, 0) is 27.8 Å². The van der Waals surface area contributed by atoms with E-state index < -0.39 is 15.4 Å². The number of rotatable bonds is 10. The molecule has 0 saturated heterocycles. The van der Waals surface area contributed by atoms with E-state index >= 15 is 0 Å². The van der Waals surface area contributed by atoms with Crippen LogP contribution in [0.5, 0.6) is 23.0 Å². The van der Waals surface area contributed by atoms with Crippen LogP contribution in [0.15, 0.2) is 36.4 Å². The van der Waals surface area contributed by atoms with Gasteiger partial charge in [-0.25, -0.2) is 0 Å². The number of phenols is 3. The molecule has 0 heterocycles. The Morgan fingerprint density at radius 3 is 2.17 bits per heavy atom. The van der Waals surface area contributed by atoms with Gasteiger partial charge < -0.3 is 20.1 Å². The second-order valence-electron chi connectivity index (χ2n) is 6.75. The highest BCUT2D eigenvalue weighted by atomic mass is 32.2. The van der Waals surface area contributed by atoms with Gasteiger partial charge in [0.15, 0.2) is 23.0 Å². The monoisotopic (exact) mass is 424 g/mol. The van der Waals surface area contributed by atoms with Crippen molar-refractivity contribution in [3.63, 3.8) is 0 Å². The highest BCUT2D eigenvalue weighted by Crippen LogP contribution is 2.28. The van der Waals surface area contributed by atoms with Crippen molar-refractivity contribution in [3.05, 3.63) is 47.5 Å². The van der Waals surface area contributed by atoms with E-state index in [1.165, 1.54) is 31.4 Å². The third kappa shape index (κ3) is 6.65. The molecule has 0 amide bonds. The Balaban J connectivity index is 1.96. The first-order chi connectivity index (χ1) is 13.6. The average molecular weight is 424 g/mol. The van der Waals surface area contributed by atoms with Crippen molar-refractivity contribution in [1.82, 2.24) is 0 Å². The molecule has 0 spiro atoms. The van der Waals surface area contributed by atoms with E-state index in [0.717, 1.165) is 5.56 Å². The van der Waals surface area contributed by atoms with E-state index in [4.69, 9.17) is 4.74 Å². The Hall–Kier alpha value is -2.78. The molecule has 8 nitrogen and oxygen atoms in total. The Morgan fingerprint density at radius 1 is 0.966 bits per heavy atom. The highest BCUT2D eigenvalue weighted by molar-refractivity contribution is 7.86. The number of aromatic hydroxyl groups is 3. The number of hydrogen-bond donors (Lipinski definition) is 4. The van der Waals surface area contributed by atoms with E-state index in [0.29, 0.717) is 12.0 Å². The van der Waals surface area contributed by atoms with Crippen molar-refractivity contribution in [2.75, 3.05) is 7.11 Å². The van der Waals surface area contributed by atoms with Gasteiger partial charge in [-0.2, -0.15) is 8.42 Å². The van der Waals surface area contributed by atoms with Crippen LogP contribution in [0.1, 0.15) is 30.4 Å². The van der Waals surface area contributed by atoms with Crippen molar-refractivity contribution >= 4 is 15.9 Å². The average Bonchev–Trinajstić information content (AvgIpc) is 2.66. The summed E-state index contributed by atoms with van der Waals surface area (Å²) in [6.07, 6.45) is 0.250. The number of Topliss-reactive ketones (excluding diaryl/α,β-unsaturated/α-hetero) is 1. The van der Waals surface area contributed by atoms with Crippen molar-refractivity contribution < 1.29 is 37.8 Å². The van der Waals surface area contributed by atoms with E-state index in [1.54, 1.807) is 12.1 Å². The third-order valence-electron chi connectivity index (χ3n) is 4.61. The molecule has 2 aromatic rings. The van der Waals surface area contributed by atoms with Gasteiger partial charge in [0.05, 0.1) is 12.4 Å². The molecule has 0 radical (unpaired) electrons. The normalized spacial score (nSPS) is 12.5. The summed E-state index contributed by atoms with van der Waals surface area (Å²) in [7, 11) is -3.02. The summed E-state index contributed by atoms with van der Waals surface area (Å²) in [4.78, 5) is 12.3. The molecule has 1 atom stereocenters. The lowest BCUT2D eigenvalue weighted by Gasteiger charge is -2.14. The number of ether oxygens (including phenoxy) is 1. The summed E-state index contributed by atoms with van der Waals surface area (Å²) in [5.74, 6) is -0.683. The minimum Gasteiger partial charge on any atom is -0.504 e. The zero-order chi connectivity index (χ0) is 21.6. The molecule has 2 rings (SSSR count). The van der Waals surface area contributed by atoms with E-state index in [9.17, 15) is 33.1 Å². The molecule has 4 N–H and O–H groups in total. The van der Waals surface area contributed by atoms with Crippen LogP contribution in [-0.4, -0.2) is 46.4 Å². The summed E-state index contributed by atoms with van der Waals surface area (Å²) in [5, 5.41) is 27.2. The van der Waals surface area contributed by atoms with Gasteiger partial charge in [-0.05, 0) is 54.7 Å². The van der Waals surface area contributed by atoms with Gasteiger partial charge >= 0.3 is 0 Å². The zero-order valence-corrected chi connectivity index (χ0v) is 16.7. The Labute approximate surface area is 169 Å². The SMILES string of the molecule is COc1cc(CCC(=O)CC(CCc2ccc(O)c(O)c2)S(=O)(=O)O)ccc1O. The Bertz CT molecular complexity index is 968. The van der Waals surface area contributed by atoms with Crippen LogP contribution < -0.4 is 4.74 Å². The first kappa shape index (κ1) is 22.5. The van der Waals surface area contributed by atoms with Crippen LogP contribution in [0.4, 0.5) is 0 Å². The molecular formula is C20H24O8S. The number of phenolic OH excluding ortho intramolecular Hbond substituents is 3. The van der Waals surface area contributed by atoms with Gasteiger partial charge in [-0.3, -0.25) is 9.35 Å². The van der Waals surface area contributed by atoms with E-state index in [-0.39, 0.29) is 54.5 Å². The number of methoxy groups -OCH3 is 1. The fraction of sp³-hybridized carbons (Fsp3) is 0.350. The molecule has 2 aromatic carbocycles. The maximum atomic E-state index is 12.3. The second-order valence-corrected chi connectivity index (χ2v) is 8.44. The first-order valence-corrected chi connectivity index (χ1v) is 10.4. The summed E-state index contributed by atoms with van der Waals surface area (Å²) < 4.78 is 37.8. The van der Waals surface area contributed by atoms with Crippen molar-refractivity contribution in [1.29, 1.82) is 0 Å². The fourth-order valence-electron chi connectivity index (χ4n) is 2.93. The van der Waals surface area contributed by atoms with Crippen molar-refractivity contribution in [2.24, 2.45) is 0 Å². The molecule has 0 saturated carbocycles. The maximum Gasteiger partial charge on any atom is 0.268 e. The molecule has 0 bridgehead atoms. The van der Waals surface area contributed by atoms with Crippen LogP contribution in [0.2, 0.25) is 0 Å². The highest BCUT2D eigenvalue weighted by Gasteiger charge is 2.25. The molecule has 0 aliphatic heterocycles. The van der Waals surface area contributed by atoms with Crippen LogP contribution in [0, 0.1) is 0 Å². The number of hydrogen-bond acceptors (Lipinski definition) is 7. The van der Waals surface area contributed by atoms with Crippen molar-refractivity contribution in [3.8, 4) is 23.0 Å². The van der Waals surface area contributed by atoms with Gasteiger partial charge in [0.2, 0.25) is 0 Å². The topological polar surface area (TPSA) is 141 Å². The maximum absolute atomic E-state index is 12.3. The number of ketones is 1. The lowest BCUT2D eigenvalue weighted by molar-refractivity contribution is -0.119. The molecule has 0 aromatic heterocycles. The molecule has 1 unspecified atom stereocenters. The third-order valence-corrected chi connectivity index (χ3v) is 5.85. The summed E-state index contributed by atoms with van der Waals surface area (Å²) in [5.41, 5.74) is 1.31. The molecule has 0 fully saturated rings. The number of aryl methyl sites for hydroxylation is 2. The van der Waals surface area contributed by atoms with Gasteiger partial charge in [-0.15, -0.1) is 0 Å². The predicted octanol–water partition coefficient (Wildman–Crippen LogP) is 2.59. The smallest absolute Gasteiger partial charge is 0.268 e. The van der Waals surface area contributed by atoms with Crippen molar-refractivity contribution in [2.45, 2.75) is 37.4 Å². The lowest BCUT2D eigenvalue weighted by atomic mass is 10.0.